The molecule has 19 heavy (non-hydrogen) atoms. The Morgan fingerprint density at radius 2 is 2.21 bits per heavy atom. The predicted molar refractivity (Wildman–Crippen MR) is 78.1 cm³/mol. The van der Waals surface area contributed by atoms with Gasteiger partial charge in [-0.25, -0.2) is 0 Å². The maximum Gasteiger partial charge on any atom is 0.220 e. The first kappa shape index (κ1) is 14.8. The molecule has 2 unspecified atom stereocenters. The SMILES string of the molecule is CN1CCCC(CNC(=O)CCC2CCCCN2)C1. The van der Waals surface area contributed by atoms with Gasteiger partial charge in [-0.2, -0.15) is 0 Å². The lowest BCUT2D eigenvalue weighted by molar-refractivity contribution is -0.121. The van der Waals surface area contributed by atoms with E-state index in [-0.39, 0.29) is 5.91 Å². The Balaban J connectivity index is 1.56. The van der Waals surface area contributed by atoms with E-state index in [1.807, 2.05) is 0 Å². The van der Waals surface area contributed by atoms with Gasteiger partial charge < -0.3 is 15.5 Å². The third kappa shape index (κ3) is 5.49. The summed E-state index contributed by atoms with van der Waals surface area (Å²) in [5.41, 5.74) is 0. The van der Waals surface area contributed by atoms with Crippen molar-refractivity contribution in [1.82, 2.24) is 15.5 Å². The van der Waals surface area contributed by atoms with Crippen LogP contribution < -0.4 is 10.6 Å². The molecule has 0 aliphatic carbocycles. The Hall–Kier alpha value is -0.610. The van der Waals surface area contributed by atoms with E-state index in [0.29, 0.717) is 18.4 Å². The number of likely N-dealkylation sites (tertiary alicyclic amines) is 1. The second kappa shape index (κ2) is 7.85. The van der Waals surface area contributed by atoms with Crippen molar-refractivity contribution in [2.24, 2.45) is 5.92 Å². The number of hydrogen-bond acceptors (Lipinski definition) is 3. The van der Waals surface area contributed by atoms with Crippen molar-refractivity contribution < 1.29 is 4.79 Å². The summed E-state index contributed by atoms with van der Waals surface area (Å²) in [6.07, 6.45) is 8.04. The van der Waals surface area contributed by atoms with Crippen LogP contribution in [0, 0.1) is 5.92 Å². The Labute approximate surface area is 117 Å². The Morgan fingerprint density at radius 3 is 2.95 bits per heavy atom. The summed E-state index contributed by atoms with van der Waals surface area (Å²) < 4.78 is 0. The first-order chi connectivity index (χ1) is 9.24. The second-order valence-corrected chi connectivity index (χ2v) is 6.26. The third-order valence-corrected chi connectivity index (χ3v) is 4.44. The molecule has 2 atom stereocenters. The molecule has 0 saturated carbocycles. The monoisotopic (exact) mass is 267 g/mol. The minimum Gasteiger partial charge on any atom is -0.356 e. The fraction of sp³-hybridized carbons (Fsp3) is 0.933. The molecule has 4 nitrogen and oxygen atoms in total. The van der Waals surface area contributed by atoms with Gasteiger partial charge in [0.2, 0.25) is 5.91 Å². The molecule has 4 heteroatoms. The first-order valence-corrected chi connectivity index (χ1v) is 7.92. The lowest BCUT2D eigenvalue weighted by Crippen LogP contribution is -2.39. The lowest BCUT2D eigenvalue weighted by atomic mass is 9.98. The molecule has 0 bridgehead atoms. The molecule has 2 N–H and O–H groups in total. The molecule has 2 saturated heterocycles. The van der Waals surface area contributed by atoms with E-state index in [1.54, 1.807) is 0 Å². The molecule has 2 aliphatic rings. The zero-order valence-corrected chi connectivity index (χ0v) is 12.3. The van der Waals surface area contributed by atoms with Crippen LogP contribution in [0.4, 0.5) is 0 Å². The van der Waals surface area contributed by atoms with E-state index in [9.17, 15) is 4.79 Å². The van der Waals surface area contributed by atoms with Gasteiger partial charge in [0, 0.05) is 25.6 Å². The summed E-state index contributed by atoms with van der Waals surface area (Å²) in [7, 11) is 2.17. The Kier molecular flexibility index (Phi) is 6.11. The molecular weight excluding hydrogens is 238 g/mol. The molecule has 0 aromatic rings. The van der Waals surface area contributed by atoms with Crippen LogP contribution in [0.1, 0.15) is 44.9 Å². The van der Waals surface area contributed by atoms with E-state index >= 15 is 0 Å². The Morgan fingerprint density at radius 1 is 1.32 bits per heavy atom. The van der Waals surface area contributed by atoms with E-state index < -0.39 is 0 Å². The number of rotatable bonds is 5. The van der Waals surface area contributed by atoms with Gasteiger partial charge in [0.1, 0.15) is 0 Å². The van der Waals surface area contributed by atoms with Gasteiger partial charge >= 0.3 is 0 Å². The molecule has 110 valence electrons. The van der Waals surface area contributed by atoms with Gasteiger partial charge in [-0.05, 0) is 58.2 Å². The van der Waals surface area contributed by atoms with Gasteiger partial charge in [-0.3, -0.25) is 4.79 Å². The van der Waals surface area contributed by atoms with Crippen LogP contribution in [0.2, 0.25) is 0 Å². The number of amides is 1. The standard InChI is InChI=1S/C15H29N3O/c1-18-10-4-5-13(12-18)11-17-15(19)8-7-14-6-2-3-9-16-14/h13-14,16H,2-12H2,1H3,(H,17,19). The zero-order valence-electron chi connectivity index (χ0n) is 12.3. The number of nitrogens with one attached hydrogen (secondary N) is 2. The van der Waals surface area contributed by atoms with Gasteiger partial charge in [0.15, 0.2) is 0 Å². The molecular formula is C15H29N3O. The summed E-state index contributed by atoms with van der Waals surface area (Å²) in [4.78, 5) is 14.2. The van der Waals surface area contributed by atoms with Gasteiger partial charge in [0.05, 0.1) is 0 Å². The molecule has 0 radical (unpaired) electrons. The summed E-state index contributed by atoms with van der Waals surface area (Å²) in [6, 6.07) is 0.570. The molecule has 0 aromatic carbocycles. The normalized spacial score (nSPS) is 29.1. The highest BCUT2D eigenvalue weighted by molar-refractivity contribution is 5.75. The topological polar surface area (TPSA) is 44.4 Å². The van der Waals surface area contributed by atoms with Gasteiger partial charge in [-0.1, -0.05) is 6.42 Å². The van der Waals surface area contributed by atoms with Crippen LogP contribution in [-0.4, -0.2) is 50.1 Å². The smallest absolute Gasteiger partial charge is 0.220 e. The fourth-order valence-corrected chi connectivity index (χ4v) is 3.26. The minimum atomic E-state index is 0.237. The molecule has 1 amide bonds. The van der Waals surface area contributed by atoms with E-state index in [0.717, 1.165) is 26.1 Å². The van der Waals surface area contributed by atoms with Crippen molar-refractivity contribution >= 4 is 5.91 Å². The second-order valence-electron chi connectivity index (χ2n) is 6.26. The van der Waals surface area contributed by atoms with E-state index in [1.165, 1.54) is 38.6 Å². The van der Waals surface area contributed by atoms with Crippen LogP contribution in [0.3, 0.4) is 0 Å². The first-order valence-electron chi connectivity index (χ1n) is 7.92. The van der Waals surface area contributed by atoms with Crippen LogP contribution >= 0.6 is 0 Å². The molecule has 2 heterocycles. The van der Waals surface area contributed by atoms with Crippen LogP contribution in [0.5, 0.6) is 0 Å². The number of piperidine rings is 2. The highest BCUT2D eigenvalue weighted by Gasteiger charge is 2.18. The van der Waals surface area contributed by atoms with Crippen molar-refractivity contribution in [2.75, 3.05) is 33.2 Å². The number of carbonyl (C=O) groups excluding carboxylic acids is 1. The van der Waals surface area contributed by atoms with E-state index in [4.69, 9.17) is 0 Å². The highest BCUT2D eigenvalue weighted by atomic mass is 16.1. The van der Waals surface area contributed by atoms with Gasteiger partial charge in [-0.15, -0.1) is 0 Å². The van der Waals surface area contributed by atoms with Gasteiger partial charge in [0.25, 0.3) is 0 Å². The molecule has 2 rings (SSSR count). The van der Waals surface area contributed by atoms with Crippen molar-refractivity contribution in [3.8, 4) is 0 Å². The summed E-state index contributed by atoms with van der Waals surface area (Å²) in [5.74, 6) is 0.885. The van der Waals surface area contributed by atoms with Crippen molar-refractivity contribution in [1.29, 1.82) is 0 Å². The number of hydrogen-bond donors (Lipinski definition) is 2. The highest BCUT2D eigenvalue weighted by Crippen LogP contribution is 2.14. The molecule has 2 aliphatic heterocycles. The summed E-state index contributed by atoms with van der Waals surface area (Å²) in [5, 5.41) is 6.62. The zero-order chi connectivity index (χ0) is 13.5. The maximum atomic E-state index is 11.9. The van der Waals surface area contributed by atoms with Crippen molar-refractivity contribution in [2.45, 2.75) is 51.0 Å². The average Bonchev–Trinajstić information content (AvgIpc) is 2.44. The summed E-state index contributed by atoms with van der Waals surface area (Å²) >= 11 is 0. The number of nitrogens with zero attached hydrogens (tertiary/aromatic N) is 1. The predicted octanol–water partition coefficient (Wildman–Crippen LogP) is 1.37. The third-order valence-electron chi connectivity index (χ3n) is 4.44. The average molecular weight is 267 g/mol. The quantitative estimate of drug-likeness (QED) is 0.791. The maximum absolute atomic E-state index is 11.9. The minimum absolute atomic E-state index is 0.237. The lowest BCUT2D eigenvalue weighted by Gasteiger charge is -2.29. The largest absolute Gasteiger partial charge is 0.356 e. The van der Waals surface area contributed by atoms with Crippen LogP contribution in [0.15, 0.2) is 0 Å². The number of carbonyl (C=O) groups is 1. The Bertz CT molecular complexity index is 277. The van der Waals surface area contributed by atoms with E-state index in [2.05, 4.69) is 22.6 Å². The van der Waals surface area contributed by atoms with Crippen LogP contribution in [-0.2, 0) is 4.79 Å². The fourth-order valence-electron chi connectivity index (χ4n) is 3.26. The molecule has 2 fully saturated rings. The van der Waals surface area contributed by atoms with Crippen LogP contribution in [0.25, 0.3) is 0 Å². The summed E-state index contributed by atoms with van der Waals surface area (Å²) in [6.45, 7) is 4.32. The molecule has 0 aromatic heterocycles. The molecule has 0 spiro atoms. The van der Waals surface area contributed by atoms with Crippen molar-refractivity contribution in [3.05, 3.63) is 0 Å². The van der Waals surface area contributed by atoms with Crippen molar-refractivity contribution in [3.63, 3.8) is 0 Å².